The number of nitrogens with zero attached hydrogens (tertiary/aromatic N) is 1. The molecule has 84 valence electrons. The normalized spacial score (nSPS) is 18.7. The Labute approximate surface area is 87.3 Å². The Bertz CT molecular complexity index is 329. The van der Waals surface area contributed by atoms with Gasteiger partial charge in [0.05, 0.1) is 0 Å². The number of aromatic amines is 1. The van der Waals surface area contributed by atoms with Crippen molar-refractivity contribution in [3.05, 3.63) is 17.2 Å². The SMILES string of the molecule is Cc1[nH]c(C2CCNCC2)nc1C(F)F. The van der Waals surface area contributed by atoms with E-state index in [1.54, 1.807) is 6.92 Å². The number of nitrogens with one attached hydrogen (secondary N) is 2. The zero-order valence-electron chi connectivity index (χ0n) is 8.69. The first-order valence-electron chi connectivity index (χ1n) is 5.23. The standard InChI is InChI=1S/C10H15F2N3/c1-6-8(9(11)12)15-10(14-6)7-2-4-13-5-3-7/h7,9,13H,2-5H2,1H3,(H,14,15). The molecule has 0 aliphatic carbocycles. The van der Waals surface area contributed by atoms with E-state index in [-0.39, 0.29) is 5.69 Å². The molecule has 1 aromatic heterocycles. The number of imidazole rings is 1. The third-order valence-corrected chi connectivity index (χ3v) is 2.87. The van der Waals surface area contributed by atoms with Crippen molar-refractivity contribution in [1.82, 2.24) is 15.3 Å². The molecule has 1 aliphatic heterocycles. The van der Waals surface area contributed by atoms with Gasteiger partial charge >= 0.3 is 0 Å². The molecule has 0 atom stereocenters. The van der Waals surface area contributed by atoms with Gasteiger partial charge < -0.3 is 10.3 Å². The lowest BCUT2D eigenvalue weighted by atomic mass is 9.98. The van der Waals surface area contributed by atoms with E-state index in [2.05, 4.69) is 15.3 Å². The van der Waals surface area contributed by atoms with Crippen LogP contribution in [0.2, 0.25) is 0 Å². The summed E-state index contributed by atoms with van der Waals surface area (Å²) >= 11 is 0. The fraction of sp³-hybridized carbons (Fsp3) is 0.700. The van der Waals surface area contributed by atoms with Gasteiger partial charge in [-0.05, 0) is 32.9 Å². The zero-order valence-corrected chi connectivity index (χ0v) is 8.69. The highest BCUT2D eigenvalue weighted by molar-refractivity contribution is 5.16. The molecule has 1 saturated heterocycles. The lowest BCUT2D eigenvalue weighted by Crippen LogP contribution is -2.27. The van der Waals surface area contributed by atoms with Gasteiger partial charge in [-0.25, -0.2) is 13.8 Å². The van der Waals surface area contributed by atoms with E-state index >= 15 is 0 Å². The van der Waals surface area contributed by atoms with Crippen molar-refractivity contribution < 1.29 is 8.78 Å². The second-order valence-corrected chi connectivity index (χ2v) is 3.96. The fourth-order valence-electron chi connectivity index (χ4n) is 2.00. The van der Waals surface area contributed by atoms with E-state index in [9.17, 15) is 8.78 Å². The summed E-state index contributed by atoms with van der Waals surface area (Å²) in [6.45, 7) is 3.53. The van der Waals surface area contributed by atoms with Gasteiger partial charge in [0, 0.05) is 11.6 Å². The smallest absolute Gasteiger partial charge is 0.282 e. The number of aryl methyl sites for hydroxylation is 1. The molecule has 2 rings (SSSR count). The van der Waals surface area contributed by atoms with Crippen molar-refractivity contribution >= 4 is 0 Å². The highest BCUT2D eigenvalue weighted by atomic mass is 19.3. The lowest BCUT2D eigenvalue weighted by molar-refractivity contribution is 0.145. The molecule has 1 fully saturated rings. The van der Waals surface area contributed by atoms with Gasteiger partial charge in [-0.2, -0.15) is 0 Å². The number of piperidine rings is 1. The Balaban J connectivity index is 2.17. The van der Waals surface area contributed by atoms with Crippen molar-refractivity contribution in [1.29, 1.82) is 0 Å². The summed E-state index contributed by atoms with van der Waals surface area (Å²) in [5, 5.41) is 3.24. The van der Waals surface area contributed by atoms with Crippen molar-refractivity contribution in [2.75, 3.05) is 13.1 Å². The van der Waals surface area contributed by atoms with Gasteiger partial charge in [-0.1, -0.05) is 0 Å². The van der Waals surface area contributed by atoms with Gasteiger partial charge in [0.1, 0.15) is 11.5 Å². The summed E-state index contributed by atoms with van der Waals surface area (Å²) in [4.78, 5) is 6.98. The Morgan fingerprint density at radius 1 is 1.33 bits per heavy atom. The molecule has 0 saturated carbocycles. The van der Waals surface area contributed by atoms with Crippen LogP contribution in [0.3, 0.4) is 0 Å². The van der Waals surface area contributed by atoms with E-state index < -0.39 is 6.43 Å². The van der Waals surface area contributed by atoms with Crippen molar-refractivity contribution in [3.8, 4) is 0 Å². The van der Waals surface area contributed by atoms with Crippen LogP contribution in [0.4, 0.5) is 8.78 Å². The summed E-state index contributed by atoms with van der Waals surface area (Å²) < 4.78 is 25.0. The van der Waals surface area contributed by atoms with Crippen molar-refractivity contribution in [3.63, 3.8) is 0 Å². The minimum absolute atomic E-state index is 0.0940. The van der Waals surface area contributed by atoms with Crippen LogP contribution in [-0.2, 0) is 0 Å². The number of hydrogen-bond donors (Lipinski definition) is 2. The summed E-state index contributed by atoms with van der Waals surface area (Å²) in [6, 6.07) is 0. The average Bonchev–Trinajstić information content (AvgIpc) is 2.62. The third-order valence-electron chi connectivity index (χ3n) is 2.87. The van der Waals surface area contributed by atoms with Gasteiger partial charge in [-0.15, -0.1) is 0 Å². The van der Waals surface area contributed by atoms with Crippen LogP contribution >= 0.6 is 0 Å². The number of aromatic nitrogens is 2. The molecule has 5 heteroatoms. The summed E-state index contributed by atoms with van der Waals surface area (Å²) in [5.41, 5.74) is 0.405. The van der Waals surface area contributed by atoms with Crippen LogP contribution in [0.15, 0.2) is 0 Å². The summed E-state index contributed by atoms with van der Waals surface area (Å²) in [5.74, 6) is 1.03. The van der Waals surface area contributed by atoms with Crippen LogP contribution < -0.4 is 5.32 Å². The minimum Gasteiger partial charge on any atom is -0.345 e. The maximum absolute atomic E-state index is 12.5. The van der Waals surface area contributed by atoms with Crippen molar-refractivity contribution in [2.45, 2.75) is 32.1 Å². The number of alkyl halides is 2. The van der Waals surface area contributed by atoms with Gasteiger partial charge in [0.2, 0.25) is 0 Å². The first kappa shape index (κ1) is 10.5. The molecular weight excluding hydrogens is 200 g/mol. The molecule has 0 spiro atoms. The molecule has 0 bridgehead atoms. The molecule has 0 amide bonds. The van der Waals surface area contributed by atoms with E-state index in [1.165, 1.54) is 0 Å². The van der Waals surface area contributed by atoms with E-state index in [4.69, 9.17) is 0 Å². The average molecular weight is 215 g/mol. The van der Waals surface area contributed by atoms with Crippen LogP contribution in [0.1, 0.15) is 42.4 Å². The highest BCUT2D eigenvalue weighted by Gasteiger charge is 2.22. The highest BCUT2D eigenvalue weighted by Crippen LogP contribution is 2.27. The second kappa shape index (κ2) is 4.26. The molecule has 0 radical (unpaired) electrons. The van der Waals surface area contributed by atoms with Gasteiger partial charge in [0.25, 0.3) is 6.43 Å². The maximum atomic E-state index is 12.5. The third kappa shape index (κ3) is 2.17. The first-order chi connectivity index (χ1) is 7.18. The number of H-pyrrole nitrogens is 1. The van der Waals surface area contributed by atoms with E-state index in [0.29, 0.717) is 11.6 Å². The van der Waals surface area contributed by atoms with Crippen LogP contribution in [-0.4, -0.2) is 23.1 Å². The summed E-state index contributed by atoms with van der Waals surface area (Å²) in [7, 11) is 0. The molecule has 15 heavy (non-hydrogen) atoms. The number of rotatable bonds is 2. The Morgan fingerprint density at radius 2 is 2.00 bits per heavy atom. The molecule has 1 aromatic rings. The monoisotopic (exact) mass is 215 g/mol. The van der Waals surface area contributed by atoms with Gasteiger partial charge in [0.15, 0.2) is 0 Å². The minimum atomic E-state index is -2.48. The first-order valence-corrected chi connectivity index (χ1v) is 5.23. The molecule has 0 unspecified atom stereocenters. The molecule has 3 nitrogen and oxygen atoms in total. The largest absolute Gasteiger partial charge is 0.345 e. The van der Waals surface area contributed by atoms with Crippen LogP contribution in [0.5, 0.6) is 0 Å². The molecule has 1 aliphatic rings. The molecule has 2 N–H and O–H groups in total. The van der Waals surface area contributed by atoms with Gasteiger partial charge in [-0.3, -0.25) is 0 Å². The lowest BCUT2D eigenvalue weighted by Gasteiger charge is -2.20. The molecule has 0 aromatic carbocycles. The van der Waals surface area contributed by atoms with Crippen LogP contribution in [0.25, 0.3) is 0 Å². The van der Waals surface area contributed by atoms with E-state index in [1.807, 2.05) is 0 Å². The predicted molar refractivity (Wildman–Crippen MR) is 53.1 cm³/mol. The fourth-order valence-corrected chi connectivity index (χ4v) is 2.00. The number of halogens is 2. The van der Waals surface area contributed by atoms with E-state index in [0.717, 1.165) is 31.8 Å². The Morgan fingerprint density at radius 3 is 2.53 bits per heavy atom. The van der Waals surface area contributed by atoms with Crippen LogP contribution in [0, 0.1) is 6.92 Å². The predicted octanol–water partition coefficient (Wildman–Crippen LogP) is 2.12. The Hall–Kier alpha value is -0.970. The topological polar surface area (TPSA) is 40.7 Å². The summed E-state index contributed by atoms with van der Waals surface area (Å²) in [6.07, 6.45) is -0.539. The number of hydrogen-bond acceptors (Lipinski definition) is 2. The molecular formula is C10H15F2N3. The zero-order chi connectivity index (χ0) is 10.8. The second-order valence-electron chi connectivity index (χ2n) is 3.96. The maximum Gasteiger partial charge on any atom is 0.282 e. The Kier molecular flexibility index (Phi) is 3.00. The molecule has 2 heterocycles. The van der Waals surface area contributed by atoms with Crippen molar-refractivity contribution in [2.24, 2.45) is 0 Å². The quantitative estimate of drug-likeness (QED) is 0.793.